The summed E-state index contributed by atoms with van der Waals surface area (Å²) in [6.45, 7) is 24.7. The van der Waals surface area contributed by atoms with Gasteiger partial charge in [0.1, 0.15) is 76.8 Å². The van der Waals surface area contributed by atoms with E-state index in [0.29, 0.717) is 84.0 Å². The zero-order valence-electron chi connectivity index (χ0n) is 68.0. The molecular formula is C77H109N9O29S2. The number of esters is 4. The second kappa shape index (κ2) is 53.8. The van der Waals surface area contributed by atoms with Crippen molar-refractivity contribution in [2.45, 2.75) is 149 Å². The lowest BCUT2D eigenvalue weighted by Gasteiger charge is -2.21. The van der Waals surface area contributed by atoms with E-state index in [1.165, 1.54) is 51.6 Å². The summed E-state index contributed by atoms with van der Waals surface area (Å²) < 4.78 is 70.6. The van der Waals surface area contributed by atoms with Crippen molar-refractivity contribution in [1.82, 2.24) is 25.1 Å². The average Bonchev–Trinajstić information content (AvgIpc) is 1.73. The van der Waals surface area contributed by atoms with Gasteiger partial charge >= 0.3 is 60.0 Å². The molecule has 40 heteroatoms. The first-order valence-corrected chi connectivity index (χ1v) is 39.4. The van der Waals surface area contributed by atoms with E-state index in [0.717, 1.165) is 41.2 Å². The first-order valence-electron chi connectivity index (χ1n) is 36.6. The number of hydrazine groups is 1. The number of amides is 4. The predicted molar refractivity (Wildman–Crippen MR) is 426 cm³/mol. The Morgan fingerprint density at radius 2 is 0.957 bits per heavy atom. The molecule has 648 valence electrons. The first-order chi connectivity index (χ1) is 55.3. The molecule has 0 radical (unpaired) electrons. The number of furan rings is 2. The van der Waals surface area contributed by atoms with E-state index < -0.39 is 87.0 Å². The van der Waals surface area contributed by atoms with Crippen molar-refractivity contribution in [3.8, 4) is 0 Å². The summed E-state index contributed by atoms with van der Waals surface area (Å²) in [5, 5.41) is 43.5. The molecule has 5 aliphatic heterocycles. The van der Waals surface area contributed by atoms with Crippen LogP contribution in [0.15, 0.2) is 129 Å². The molecule has 4 amide bonds. The van der Waals surface area contributed by atoms with E-state index >= 15 is 0 Å². The van der Waals surface area contributed by atoms with Crippen molar-refractivity contribution in [2.24, 2.45) is 10.9 Å². The highest BCUT2D eigenvalue weighted by Gasteiger charge is 2.37. The van der Waals surface area contributed by atoms with Gasteiger partial charge < -0.3 is 75.9 Å². The van der Waals surface area contributed by atoms with Crippen LogP contribution >= 0.6 is 23.5 Å². The number of hydrazone groups is 1. The number of cyclic esters (lactones) is 4. The SMILES string of the molecule is CC(C)(C)OC(=O)CN1C[C@H](CO)OC1=O.CC(C)(C)OC(=O)CN1C[C@H](COCc2ccccc2)OC1=O.CCOC(C)=O.CSC[C@H]1CN(/N=C/c2ccc([N+](=O)[O-])o2)C(=O)O1.CSC[C@H]1CN(CC(=O)OC(C)(C)C)C(=O)O1.NNC[C@@H](O)COCc1ccccc1.O=Cc1ccc([N+](=O)[O-])o1.c1ccc(COC[C@H]2CO2)cc1. The number of hydrogen-bond donors (Lipinski definition) is 4. The number of carbonyl (C=O) groups excluding carboxylic acids is 9. The minimum Gasteiger partial charge on any atom is -0.466 e. The fraction of sp³-hybridized carbons (Fsp3) is 0.532. The van der Waals surface area contributed by atoms with Crippen LogP contribution in [0.1, 0.15) is 109 Å². The largest absolute Gasteiger partial charge is 0.466 e. The molecule has 5 N–H and O–H groups in total. The maximum Gasteiger partial charge on any atom is 0.433 e. The lowest BCUT2D eigenvalue weighted by Crippen LogP contribution is -2.36. The number of epoxide rings is 1. The third-order valence-corrected chi connectivity index (χ3v) is 15.6. The lowest BCUT2D eigenvalue weighted by molar-refractivity contribution is -0.402. The Kier molecular flexibility index (Phi) is 46.4. The number of hydrogen-bond acceptors (Lipinski definition) is 34. The Hall–Kier alpha value is -10.3. The van der Waals surface area contributed by atoms with Crippen LogP contribution in [0.4, 0.5) is 30.9 Å². The molecule has 0 spiro atoms. The van der Waals surface area contributed by atoms with Gasteiger partial charge in [-0.3, -0.25) is 70.2 Å². The molecule has 5 aliphatic rings. The Labute approximate surface area is 687 Å². The van der Waals surface area contributed by atoms with Gasteiger partial charge in [0.15, 0.2) is 17.8 Å². The Morgan fingerprint density at radius 1 is 0.581 bits per heavy atom. The quantitative estimate of drug-likeness (QED) is 0.00470. The second-order valence-corrected chi connectivity index (χ2v) is 30.1. The van der Waals surface area contributed by atoms with Gasteiger partial charge in [0.2, 0.25) is 0 Å². The molecule has 10 rings (SSSR count). The van der Waals surface area contributed by atoms with E-state index in [4.69, 9.17) is 67.5 Å². The van der Waals surface area contributed by atoms with Gasteiger partial charge in [0.25, 0.3) is 0 Å². The summed E-state index contributed by atoms with van der Waals surface area (Å²) in [6, 6.07) is 34.8. The van der Waals surface area contributed by atoms with E-state index in [1.54, 1.807) is 92.8 Å². The summed E-state index contributed by atoms with van der Waals surface area (Å²) in [5.74, 6) is 4.33. The van der Waals surface area contributed by atoms with Crippen molar-refractivity contribution in [3.05, 3.63) is 164 Å². The van der Waals surface area contributed by atoms with E-state index in [2.05, 4.69) is 31.8 Å². The Bertz CT molecular complexity index is 3840. The lowest BCUT2D eigenvalue weighted by atomic mass is 10.2. The molecule has 0 bridgehead atoms. The third kappa shape index (κ3) is 46.3. The normalized spacial score (nSPS) is 17.3. The minimum absolute atomic E-state index is 0.0355. The van der Waals surface area contributed by atoms with Crippen molar-refractivity contribution < 1.29 is 129 Å². The van der Waals surface area contributed by atoms with Crippen LogP contribution in [0.2, 0.25) is 0 Å². The number of thioether (sulfide) groups is 2. The zero-order chi connectivity index (χ0) is 87.1. The highest BCUT2D eigenvalue weighted by molar-refractivity contribution is 7.98. The van der Waals surface area contributed by atoms with E-state index in [1.807, 2.05) is 91.4 Å². The molecule has 3 aromatic carbocycles. The summed E-state index contributed by atoms with van der Waals surface area (Å²) >= 11 is 3.19. The van der Waals surface area contributed by atoms with Crippen LogP contribution in [-0.2, 0) is 95.8 Å². The number of rotatable bonds is 31. The summed E-state index contributed by atoms with van der Waals surface area (Å²) in [5.41, 5.74) is 4.09. The molecule has 2 aromatic heterocycles. The molecule has 117 heavy (non-hydrogen) atoms. The smallest absolute Gasteiger partial charge is 0.433 e. The highest BCUT2D eigenvalue weighted by atomic mass is 32.2. The first kappa shape index (κ1) is 101. The third-order valence-electron chi connectivity index (χ3n) is 14.2. The molecule has 7 heterocycles. The molecule has 0 aliphatic carbocycles. The fourth-order valence-corrected chi connectivity index (χ4v) is 10.5. The number of aliphatic hydroxyl groups excluding tert-OH is 2. The van der Waals surface area contributed by atoms with Crippen molar-refractivity contribution in [2.75, 3.05) is 116 Å². The van der Waals surface area contributed by atoms with Crippen LogP contribution in [0, 0.1) is 20.2 Å². The number of carbonyl (C=O) groups is 9. The molecule has 6 atom stereocenters. The number of nitrogens with zero attached hydrogens (tertiary/aromatic N) is 7. The summed E-state index contributed by atoms with van der Waals surface area (Å²) in [7, 11) is 0. The van der Waals surface area contributed by atoms with Gasteiger partial charge in [-0.1, -0.05) is 91.0 Å². The van der Waals surface area contributed by atoms with Gasteiger partial charge in [-0.05, 0) is 111 Å². The monoisotopic (exact) mass is 1690 g/mol. The van der Waals surface area contributed by atoms with Gasteiger partial charge in [0.05, 0.1) is 110 Å². The number of nitrogens with two attached hydrogens (primary N) is 1. The van der Waals surface area contributed by atoms with Crippen molar-refractivity contribution in [1.29, 1.82) is 0 Å². The number of benzene rings is 3. The van der Waals surface area contributed by atoms with Gasteiger partial charge in [-0.2, -0.15) is 33.6 Å². The number of nitrogens with one attached hydrogen (secondary N) is 1. The molecular weight excluding hydrogens is 1580 g/mol. The molecule has 5 fully saturated rings. The van der Waals surface area contributed by atoms with Crippen molar-refractivity contribution >= 4 is 96.0 Å². The predicted octanol–water partition coefficient (Wildman–Crippen LogP) is 8.92. The van der Waals surface area contributed by atoms with Gasteiger partial charge in [-0.15, -0.1) is 0 Å². The number of aldehydes is 1. The molecule has 0 unspecified atom stereocenters. The highest BCUT2D eigenvalue weighted by Crippen LogP contribution is 2.21. The average molecular weight is 1690 g/mol. The number of ether oxygens (including phenoxy) is 12. The van der Waals surface area contributed by atoms with E-state index in [9.17, 15) is 68.5 Å². The second-order valence-electron chi connectivity index (χ2n) is 28.3. The summed E-state index contributed by atoms with van der Waals surface area (Å²) in [6.07, 6.45) is 2.04. The molecule has 38 nitrogen and oxygen atoms in total. The van der Waals surface area contributed by atoms with Crippen LogP contribution in [0.5, 0.6) is 0 Å². The van der Waals surface area contributed by atoms with Crippen LogP contribution in [0.3, 0.4) is 0 Å². The van der Waals surface area contributed by atoms with Crippen LogP contribution < -0.4 is 11.3 Å². The van der Waals surface area contributed by atoms with E-state index in [-0.39, 0.29) is 74.5 Å². The molecule has 5 aromatic rings. The maximum atomic E-state index is 11.8. The minimum atomic E-state index is -0.701. The van der Waals surface area contributed by atoms with Crippen LogP contribution in [-0.4, -0.2) is 270 Å². The van der Waals surface area contributed by atoms with Crippen molar-refractivity contribution in [3.63, 3.8) is 0 Å². The topological polar surface area (TPSA) is 484 Å². The Balaban J connectivity index is 0.000000353. The summed E-state index contributed by atoms with van der Waals surface area (Å²) in [4.78, 5) is 123. The zero-order valence-corrected chi connectivity index (χ0v) is 69.6. The van der Waals surface area contributed by atoms with Gasteiger partial charge in [-0.25, -0.2) is 19.2 Å². The standard InChI is InChI=1S/C17H23NO5.C11H19NO4S.C10H11N3O5S.C10H16N2O2.C10H17NO5.C10H12O2.C5H3NO4.C4H8O2/c1-17(2,3)23-15(19)10-18-9-14(22-16(18)20)12-21-11-13-7-5-4-6-8-13;1-11(2,3)16-9(13)6-12-5-8(7-17-4)15-10(12)14;1-19-6-8-5-12(10(14)18-8)11-4-7-2-3-9(17-7)13(15)16;11-12-6-10(13)8-14-7-9-4-2-1-3-5-9;1-10(2,3)16-8(13)5-11-4-7(6-12)15-9(11)14;1-2-4-9(5-3-1)6-11-7-10-8-12-10;7-3-4-1-2-5(10-4)6(8)9;1-3-6-4(2)5/h4-8,14H,9-12H2,1-3H3;8H,5-7H2,1-4H3;2-4,8H,5-6H2,1H3;1-5,10,12-13H,6-8,11H2;7,12H,4-6H2,1-3H3;1-5,10H,6-8H2;1-3H;3H2,1-2H3/b;;11-4+;;;;;/t14-;2*8-;10-;7-;10-;;/m111110../s1. The fourth-order valence-electron chi connectivity index (χ4n) is 9.38. The number of nitro groups is 2. The maximum absolute atomic E-state index is 11.8. The molecule has 0 saturated carbocycles. The number of aliphatic hydroxyl groups is 2. The van der Waals surface area contributed by atoms with Gasteiger partial charge in [0, 0.05) is 25.0 Å². The Morgan fingerprint density at radius 3 is 1.31 bits per heavy atom. The van der Waals surface area contributed by atoms with Crippen LogP contribution in [0.25, 0.3) is 0 Å². The molecule has 5 saturated heterocycles.